The van der Waals surface area contributed by atoms with Gasteiger partial charge in [-0.2, -0.15) is 0 Å². The second-order valence-corrected chi connectivity index (χ2v) is 5.88. The molecule has 0 aromatic heterocycles. The second kappa shape index (κ2) is 8.19. The number of hydrogen-bond donors (Lipinski definition) is 3. The van der Waals surface area contributed by atoms with Crippen LogP contribution >= 0.6 is 0 Å². The first-order valence-corrected chi connectivity index (χ1v) is 7.27. The van der Waals surface area contributed by atoms with E-state index in [1.807, 2.05) is 0 Å². The summed E-state index contributed by atoms with van der Waals surface area (Å²) >= 11 is 0. The molecule has 3 N–H and O–H groups in total. The number of aliphatic hydroxyl groups is 1. The number of aliphatic hydroxyl groups excluding tert-OH is 1. The molecule has 0 saturated carbocycles. The highest BCUT2D eigenvalue weighted by Gasteiger charge is 2.33. The first-order chi connectivity index (χ1) is 9.81. The summed E-state index contributed by atoms with van der Waals surface area (Å²) in [5.41, 5.74) is 0. The van der Waals surface area contributed by atoms with Gasteiger partial charge < -0.3 is 25.0 Å². The van der Waals surface area contributed by atoms with Crippen molar-refractivity contribution in [3.05, 3.63) is 0 Å². The van der Waals surface area contributed by atoms with Gasteiger partial charge in [0.1, 0.15) is 6.10 Å². The number of ether oxygens (including phenoxy) is 2. The van der Waals surface area contributed by atoms with Gasteiger partial charge in [-0.3, -0.25) is 0 Å². The van der Waals surface area contributed by atoms with Gasteiger partial charge in [0.05, 0.1) is 19.3 Å². The van der Waals surface area contributed by atoms with E-state index < -0.39 is 30.3 Å². The molecule has 7 heteroatoms. The van der Waals surface area contributed by atoms with Crippen molar-refractivity contribution < 1.29 is 29.3 Å². The Hall–Kier alpha value is -1.34. The summed E-state index contributed by atoms with van der Waals surface area (Å²) in [6, 6.07) is -1.07. The molecule has 4 atom stereocenters. The van der Waals surface area contributed by atoms with Crippen LogP contribution in [-0.2, 0) is 14.3 Å². The fraction of sp³-hybridized carbons (Fsp3) is 0.857. The maximum Gasteiger partial charge on any atom is 0.405 e. The van der Waals surface area contributed by atoms with Crippen molar-refractivity contribution in [1.82, 2.24) is 5.32 Å². The summed E-state index contributed by atoms with van der Waals surface area (Å²) in [4.78, 5) is 22.6. The number of cyclic esters (lactones) is 1. The number of carboxylic acid groups (broad SMARTS) is 1. The van der Waals surface area contributed by atoms with Crippen molar-refractivity contribution in [3.63, 3.8) is 0 Å². The van der Waals surface area contributed by atoms with Crippen molar-refractivity contribution in [3.8, 4) is 0 Å². The molecule has 1 rings (SSSR count). The summed E-state index contributed by atoms with van der Waals surface area (Å²) in [5.74, 6) is -0.413. The highest BCUT2D eigenvalue weighted by molar-refractivity contribution is 5.81. The van der Waals surface area contributed by atoms with Gasteiger partial charge in [-0.25, -0.2) is 9.59 Å². The Morgan fingerprint density at radius 1 is 1.43 bits per heavy atom. The van der Waals surface area contributed by atoms with Crippen molar-refractivity contribution >= 4 is 12.1 Å². The number of hydrogen-bond acceptors (Lipinski definition) is 5. The number of nitrogens with one attached hydrogen (secondary N) is 1. The van der Waals surface area contributed by atoms with E-state index in [-0.39, 0.29) is 19.1 Å². The number of amides is 1. The Morgan fingerprint density at radius 2 is 2.10 bits per heavy atom. The molecular weight excluding hydrogens is 278 g/mol. The number of esters is 1. The first-order valence-electron chi connectivity index (χ1n) is 7.27. The highest BCUT2D eigenvalue weighted by atomic mass is 16.6. The van der Waals surface area contributed by atoms with Gasteiger partial charge in [0, 0.05) is 5.92 Å². The molecule has 0 bridgehead atoms. The van der Waals surface area contributed by atoms with Crippen LogP contribution in [-0.4, -0.2) is 53.7 Å². The molecule has 0 radical (unpaired) electrons. The predicted octanol–water partition coefficient (Wildman–Crippen LogP) is 0.998. The molecule has 1 saturated heterocycles. The van der Waals surface area contributed by atoms with Crippen molar-refractivity contribution in [2.45, 2.75) is 51.9 Å². The predicted molar refractivity (Wildman–Crippen MR) is 74.9 cm³/mol. The zero-order valence-electron chi connectivity index (χ0n) is 12.7. The van der Waals surface area contributed by atoms with Crippen LogP contribution in [0.25, 0.3) is 0 Å². The lowest BCUT2D eigenvalue weighted by atomic mass is 9.89. The monoisotopic (exact) mass is 303 g/mol. The van der Waals surface area contributed by atoms with E-state index in [9.17, 15) is 14.7 Å². The second-order valence-electron chi connectivity index (χ2n) is 5.88. The van der Waals surface area contributed by atoms with Gasteiger partial charge >= 0.3 is 12.1 Å². The van der Waals surface area contributed by atoms with Crippen LogP contribution < -0.4 is 5.32 Å². The summed E-state index contributed by atoms with van der Waals surface area (Å²) < 4.78 is 10.6. The highest BCUT2D eigenvalue weighted by Crippen LogP contribution is 2.23. The molecule has 0 aliphatic carbocycles. The van der Waals surface area contributed by atoms with E-state index in [0.717, 1.165) is 6.42 Å². The molecule has 0 unspecified atom stereocenters. The molecule has 0 aromatic rings. The minimum Gasteiger partial charge on any atom is -0.465 e. The lowest BCUT2D eigenvalue weighted by Gasteiger charge is -2.28. The Bertz CT molecular complexity index is 359. The van der Waals surface area contributed by atoms with Crippen LogP contribution in [0.2, 0.25) is 0 Å². The summed E-state index contributed by atoms with van der Waals surface area (Å²) in [6.45, 7) is 5.80. The van der Waals surface area contributed by atoms with Crippen LogP contribution in [0.4, 0.5) is 4.79 Å². The number of carbonyl (C=O) groups is 2. The first kappa shape index (κ1) is 17.7. The Labute approximate surface area is 124 Å². The molecule has 1 fully saturated rings. The smallest absolute Gasteiger partial charge is 0.405 e. The van der Waals surface area contributed by atoms with Gasteiger partial charge in [0.15, 0.2) is 6.04 Å². The molecular formula is C14H25NO6. The summed E-state index contributed by atoms with van der Waals surface area (Å²) in [5, 5.41) is 21.0. The third-order valence-electron chi connectivity index (χ3n) is 3.63. The molecule has 0 aromatic carbocycles. The zero-order chi connectivity index (χ0) is 16.0. The molecule has 1 aliphatic heterocycles. The largest absolute Gasteiger partial charge is 0.465 e. The van der Waals surface area contributed by atoms with Gasteiger partial charge in [0.25, 0.3) is 0 Å². The summed E-state index contributed by atoms with van der Waals surface area (Å²) in [6.07, 6.45) is -0.931. The van der Waals surface area contributed by atoms with Crippen molar-refractivity contribution in [2.24, 2.45) is 11.8 Å². The molecule has 7 nitrogen and oxygen atoms in total. The van der Waals surface area contributed by atoms with Crippen LogP contribution in [0.3, 0.4) is 0 Å². The molecule has 122 valence electrons. The number of rotatable bonds is 4. The third-order valence-corrected chi connectivity index (χ3v) is 3.63. The maximum absolute atomic E-state index is 11.9. The average Bonchev–Trinajstić information content (AvgIpc) is 2.39. The molecule has 1 aliphatic rings. The van der Waals surface area contributed by atoms with E-state index in [4.69, 9.17) is 14.6 Å². The standard InChI is InChI=1S/C14H25NO6/c1-8(2)4-5-10-9(3)21-13(17)11(15-14(18)19)6-20-7-12(10)16/h8-12,15-16H,4-7H2,1-3H3,(H,18,19)/t9-,10-,11-,12-/m0/s1. The molecule has 21 heavy (non-hydrogen) atoms. The molecule has 1 heterocycles. The number of carbonyl (C=O) groups excluding carboxylic acids is 1. The minimum absolute atomic E-state index is 0.0571. The van der Waals surface area contributed by atoms with Gasteiger partial charge in [-0.15, -0.1) is 0 Å². The fourth-order valence-corrected chi connectivity index (χ4v) is 2.37. The molecule has 1 amide bonds. The average molecular weight is 303 g/mol. The quantitative estimate of drug-likeness (QED) is 0.669. The van der Waals surface area contributed by atoms with Crippen LogP contribution in [0.5, 0.6) is 0 Å². The minimum atomic E-state index is -1.32. The van der Waals surface area contributed by atoms with Crippen molar-refractivity contribution in [1.29, 1.82) is 0 Å². The topological polar surface area (TPSA) is 105 Å². The van der Waals surface area contributed by atoms with E-state index >= 15 is 0 Å². The van der Waals surface area contributed by atoms with Crippen LogP contribution in [0, 0.1) is 11.8 Å². The van der Waals surface area contributed by atoms with E-state index in [2.05, 4.69) is 19.2 Å². The van der Waals surface area contributed by atoms with Crippen LogP contribution in [0.15, 0.2) is 0 Å². The Balaban J connectivity index is 2.74. The van der Waals surface area contributed by atoms with Crippen LogP contribution in [0.1, 0.15) is 33.6 Å². The SMILES string of the molecule is CC(C)CC[C@H]1[C@H](C)OC(=O)[C@@H](NC(=O)O)COC[C@@H]1O. The maximum atomic E-state index is 11.9. The van der Waals surface area contributed by atoms with E-state index in [0.29, 0.717) is 12.3 Å². The van der Waals surface area contributed by atoms with E-state index in [1.54, 1.807) is 6.92 Å². The lowest BCUT2D eigenvalue weighted by molar-refractivity contribution is -0.154. The lowest BCUT2D eigenvalue weighted by Crippen LogP contribution is -2.45. The third kappa shape index (κ3) is 5.89. The fourth-order valence-electron chi connectivity index (χ4n) is 2.37. The normalized spacial score (nSPS) is 31.0. The zero-order valence-corrected chi connectivity index (χ0v) is 12.7. The summed E-state index contributed by atoms with van der Waals surface area (Å²) in [7, 11) is 0. The molecule has 0 spiro atoms. The van der Waals surface area contributed by atoms with E-state index in [1.165, 1.54) is 0 Å². The Kier molecular flexibility index (Phi) is 6.91. The Morgan fingerprint density at radius 3 is 2.67 bits per heavy atom. The van der Waals surface area contributed by atoms with Gasteiger partial charge in [-0.05, 0) is 19.3 Å². The van der Waals surface area contributed by atoms with Gasteiger partial charge in [0.2, 0.25) is 0 Å². The van der Waals surface area contributed by atoms with Crippen molar-refractivity contribution in [2.75, 3.05) is 13.2 Å². The van der Waals surface area contributed by atoms with Gasteiger partial charge in [-0.1, -0.05) is 20.3 Å².